The molecule has 174 valence electrons. The number of fused-ring (bicyclic) bond motifs is 1. The van der Waals surface area contributed by atoms with E-state index in [1.165, 1.54) is 4.90 Å². The highest BCUT2D eigenvalue weighted by atomic mass is 16.5. The number of ether oxygens (including phenoxy) is 2. The third-order valence-electron chi connectivity index (χ3n) is 6.64. The van der Waals surface area contributed by atoms with E-state index in [2.05, 4.69) is 0 Å². The number of methoxy groups -OCH3 is 1. The van der Waals surface area contributed by atoms with Crippen molar-refractivity contribution in [1.82, 2.24) is 0 Å². The molecule has 2 fully saturated rings. The van der Waals surface area contributed by atoms with Crippen LogP contribution in [-0.2, 0) is 19.2 Å². The number of amides is 3. The second kappa shape index (κ2) is 8.78. The summed E-state index contributed by atoms with van der Waals surface area (Å²) in [5.41, 5.74) is 1.13. The number of imide groups is 1. The lowest BCUT2D eigenvalue weighted by Crippen LogP contribution is -2.30. The normalized spacial score (nSPS) is 23.9. The lowest BCUT2D eigenvalue weighted by molar-refractivity contribution is -0.139. The smallest absolute Gasteiger partial charge is 0.316 e. The summed E-state index contributed by atoms with van der Waals surface area (Å²) in [5, 5.41) is 0. The van der Waals surface area contributed by atoms with Crippen molar-refractivity contribution in [3.05, 3.63) is 60.7 Å². The second-order valence-corrected chi connectivity index (χ2v) is 8.69. The van der Waals surface area contributed by atoms with Crippen LogP contribution in [0.1, 0.15) is 19.3 Å². The largest absolute Gasteiger partial charge is 0.497 e. The average Bonchev–Trinajstić information content (AvgIpc) is 3.37. The minimum atomic E-state index is -0.601. The molecule has 3 amide bonds. The quantitative estimate of drug-likeness (QED) is 0.295. The van der Waals surface area contributed by atoms with Crippen molar-refractivity contribution >= 4 is 35.1 Å². The minimum absolute atomic E-state index is 0.0573. The molecule has 2 aliphatic heterocycles. The van der Waals surface area contributed by atoms with Gasteiger partial charge in [0.25, 0.3) is 0 Å². The molecule has 5 rings (SSSR count). The topological polar surface area (TPSA) is 93.2 Å². The SMILES string of the molecule is COc1cccc(N2C[C@@H](C(=O)Oc3ccc(N4C(=O)[C@H]5CC=CC[C@@H]5C4=O)cc3)CC2=O)c1. The number of benzene rings is 2. The van der Waals surface area contributed by atoms with Crippen LogP contribution in [0.15, 0.2) is 60.7 Å². The van der Waals surface area contributed by atoms with E-state index >= 15 is 0 Å². The summed E-state index contributed by atoms with van der Waals surface area (Å²) in [6.07, 6.45) is 5.10. The van der Waals surface area contributed by atoms with Gasteiger partial charge in [0.05, 0.1) is 30.6 Å². The van der Waals surface area contributed by atoms with Crippen LogP contribution in [0.2, 0.25) is 0 Å². The molecule has 3 atom stereocenters. The molecule has 2 aromatic carbocycles. The maximum absolute atomic E-state index is 12.7. The van der Waals surface area contributed by atoms with Gasteiger partial charge in [-0.3, -0.25) is 24.1 Å². The van der Waals surface area contributed by atoms with Gasteiger partial charge < -0.3 is 14.4 Å². The van der Waals surface area contributed by atoms with Gasteiger partial charge in [-0.05, 0) is 49.2 Å². The van der Waals surface area contributed by atoms with Gasteiger partial charge in [-0.25, -0.2) is 0 Å². The summed E-state index contributed by atoms with van der Waals surface area (Å²) in [6.45, 7) is 0.219. The summed E-state index contributed by atoms with van der Waals surface area (Å²) in [4.78, 5) is 53.5. The number of allylic oxidation sites excluding steroid dienone is 2. The highest BCUT2D eigenvalue weighted by Crippen LogP contribution is 2.38. The van der Waals surface area contributed by atoms with Crippen LogP contribution in [0, 0.1) is 17.8 Å². The highest BCUT2D eigenvalue weighted by Gasteiger charge is 2.47. The molecule has 34 heavy (non-hydrogen) atoms. The molecule has 3 aliphatic rings. The van der Waals surface area contributed by atoms with Crippen LogP contribution in [0.3, 0.4) is 0 Å². The van der Waals surface area contributed by atoms with Crippen LogP contribution in [-0.4, -0.2) is 37.3 Å². The standard InChI is InChI=1S/C26H24N2O6/c1-33-20-6-4-5-18(14-20)27-15-16(13-23(27)29)26(32)34-19-11-9-17(10-12-19)28-24(30)21-7-2-3-8-22(21)25(28)31/h2-6,9-12,14,16,21-22H,7-8,13,15H2,1H3/t16-,21-,22-/m0/s1. The van der Waals surface area contributed by atoms with Crippen molar-refractivity contribution in [3.8, 4) is 11.5 Å². The van der Waals surface area contributed by atoms with E-state index in [-0.39, 0.29) is 42.5 Å². The Morgan fingerprint density at radius 3 is 2.21 bits per heavy atom. The van der Waals surface area contributed by atoms with E-state index < -0.39 is 11.9 Å². The minimum Gasteiger partial charge on any atom is -0.497 e. The molecule has 2 aromatic rings. The summed E-state index contributed by atoms with van der Waals surface area (Å²) in [6, 6.07) is 13.4. The van der Waals surface area contributed by atoms with Crippen LogP contribution in [0.5, 0.6) is 11.5 Å². The predicted octanol–water partition coefficient (Wildman–Crippen LogP) is 3.11. The average molecular weight is 460 g/mol. The number of carbonyl (C=O) groups excluding carboxylic acids is 4. The molecule has 8 nitrogen and oxygen atoms in total. The molecule has 0 radical (unpaired) electrons. The number of rotatable bonds is 5. The Morgan fingerprint density at radius 2 is 1.56 bits per heavy atom. The molecule has 8 heteroatoms. The zero-order chi connectivity index (χ0) is 23.8. The summed E-state index contributed by atoms with van der Waals surface area (Å²) < 4.78 is 10.7. The monoisotopic (exact) mass is 460 g/mol. The Morgan fingerprint density at radius 1 is 0.882 bits per heavy atom. The van der Waals surface area contributed by atoms with Gasteiger partial charge in [0.2, 0.25) is 17.7 Å². The number of anilines is 2. The van der Waals surface area contributed by atoms with Crippen molar-refractivity contribution in [2.75, 3.05) is 23.5 Å². The van der Waals surface area contributed by atoms with Crippen molar-refractivity contribution in [1.29, 1.82) is 0 Å². The van der Waals surface area contributed by atoms with Crippen LogP contribution in [0.25, 0.3) is 0 Å². The van der Waals surface area contributed by atoms with Gasteiger partial charge in [0, 0.05) is 24.7 Å². The maximum Gasteiger partial charge on any atom is 0.316 e. The van der Waals surface area contributed by atoms with Gasteiger partial charge >= 0.3 is 5.97 Å². The molecule has 2 heterocycles. The van der Waals surface area contributed by atoms with Gasteiger partial charge in [-0.15, -0.1) is 0 Å². The zero-order valence-electron chi connectivity index (χ0n) is 18.7. The predicted molar refractivity (Wildman–Crippen MR) is 123 cm³/mol. The fourth-order valence-electron chi connectivity index (χ4n) is 4.81. The Balaban J connectivity index is 1.24. The Bertz CT molecular complexity index is 1160. The Labute approximate surface area is 196 Å². The number of hydrogen-bond donors (Lipinski definition) is 0. The van der Waals surface area contributed by atoms with Gasteiger partial charge in [-0.1, -0.05) is 18.2 Å². The van der Waals surface area contributed by atoms with E-state index in [4.69, 9.17) is 9.47 Å². The van der Waals surface area contributed by atoms with Gasteiger partial charge in [0.1, 0.15) is 11.5 Å². The first-order chi connectivity index (χ1) is 16.5. The summed E-state index contributed by atoms with van der Waals surface area (Å²) in [7, 11) is 1.55. The van der Waals surface area contributed by atoms with Gasteiger partial charge in [0.15, 0.2) is 0 Å². The first kappa shape index (κ1) is 21.9. The molecule has 0 spiro atoms. The molecule has 0 N–H and O–H groups in total. The van der Waals surface area contributed by atoms with E-state index in [0.717, 1.165) is 0 Å². The molecule has 0 aromatic heterocycles. The molecule has 2 saturated heterocycles. The lowest BCUT2D eigenvalue weighted by atomic mass is 9.85. The summed E-state index contributed by atoms with van der Waals surface area (Å²) >= 11 is 0. The van der Waals surface area contributed by atoms with Crippen molar-refractivity contribution in [3.63, 3.8) is 0 Å². The number of hydrogen-bond acceptors (Lipinski definition) is 6. The van der Waals surface area contributed by atoms with E-state index in [9.17, 15) is 19.2 Å². The molecule has 0 saturated carbocycles. The van der Waals surface area contributed by atoms with Crippen LogP contribution in [0.4, 0.5) is 11.4 Å². The lowest BCUT2D eigenvalue weighted by Gasteiger charge is -2.17. The molecular weight excluding hydrogens is 436 g/mol. The highest BCUT2D eigenvalue weighted by molar-refractivity contribution is 6.22. The van der Waals surface area contributed by atoms with Gasteiger partial charge in [-0.2, -0.15) is 0 Å². The summed E-state index contributed by atoms with van der Waals surface area (Å²) in [5.74, 6) is -1.33. The van der Waals surface area contributed by atoms with Crippen molar-refractivity contribution < 1.29 is 28.7 Å². The van der Waals surface area contributed by atoms with Crippen LogP contribution >= 0.6 is 0 Å². The number of nitrogens with zero attached hydrogens (tertiary/aromatic N) is 2. The second-order valence-electron chi connectivity index (χ2n) is 8.69. The fourth-order valence-corrected chi connectivity index (χ4v) is 4.81. The van der Waals surface area contributed by atoms with E-state index in [1.807, 2.05) is 12.2 Å². The fraction of sp³-hybridized carbons (Fsp3) is 0.308. The van der Waals surface area contributed by atoms with Crippen molar-refractivity contribution in [2.24, 2.45) is 17.8 Å². The Hall–Kier alpha value is -3.94. The van der Waals surface area contributed by atoms with Crippen LogP contribution < -0.4 is 19.3 Å². The Kier molecular flexibility index (Phi) is 5.65. The molecule has 0 unspecified atom stereocenters. The van der Waals surface area contributed by atoms with E-state index in [1.54, 1.807) is 60.5 Å². The third kappa shape index (κ3) is 3.85. The maximum atomic E-state index is 12.7. The van der Waals surface area contributed by atoms with Crippen molar-refractivity contribution in [2.45, 2.75) is 19.3 Å². The molecule has 0 bridgehead atoms. The number of carbonyl (C=O) groups is 4. The van der Waals surface area contributed by atoms with E-state index in [0.29, 0.717) is 35.7 Å². The molecule has 1 aliphatic carbocycles. The first-order valence-electron chi connectivity index (χ1n) is 11.2. The third-order valence-corrected chi connectivity index (χ3v) is 6.64. The zero-order valence-corrected chi connectivity index (χ0v) is 18.7. The first-order valence-corrected chi connectivity index (χ1v) is 11.2. The number of esters is 1. The molecular formula is C26H24N2O6.